The van der Waals surface area contributed by atoms with Crippen molar-refractivity contribution in [2.24, 2.45) is 0 Å². The van der Waals surface area contributed by atoms with E-state index >= 15 is 0 Å². The lowest BCUT2D eigenvalue weighted by atomic mass is 9.93. The summed E-state index contributed by atoms with van der Waals surface area (Å²) in [4.78, 5) is 6.83. The molecule has 1 aromatic heterocycles. The summed E-state index contributed by atoms with van der Waals surface area (Å²) >= 11 is 0. The number of anilines is 1. The van der Waals surface area contributed by atoms with Crippen LogP contribution in [-0.4, -0.2) is 36.6 Å². The van der Waals surface area contributed by atoms with Gasteiger partial charge in [-0.25, -0.2) is 4.98 Å². The van der Waals surface area contributed by atoms with Crippen molar-refractivity contribution >= 4 is 16.6 Å². The Morgan fingerprint density at radius 2 is 1.66 bits per heavy atom. The zero-order valence-corrected chi connectivity index (χ0v) is 25.3. The van der Waals surface area contributed by atoms with E-state index in [0.29, 0.717) is 6.04 Å². The summed E-state index contributed by atoms with van der Waals surface area (Å²) in [5.41, 5.74) is 8.72. The second-order valence-corrected chi connectivity index (χ2v) is 11.4. The number of nitrogens with one attached hydrogen (secondary N) is 2. The summed E-state index contributed by atoms with van der Waals surface area (Å²) in [5.74, 6) is 0.939. The first-order valence-corrected chi connectivity index (χ1v) is 14.8. The highest BCUT2D eigenvalue weighted by atomic mass is 15.1. The molecule has 2 N–H and O–H groups in total. The van der Waals surface area contributed by atoms with Crippen molar-refractivity contribution < 1.29 is 0 Å². The average molecular weight is 547 g/mol. The van der Waals surface area contributed by atoms with E-state index in [1.165, 1.54) is 44.2 Å². The van der Waals surface area contributed by atoms with Crippen LogP contribution in [0.25, 0.3) is 21.9 Å². The molecule has 0 amide bonds. The third kappa shape index (κ3) is 8.55. The number of hydrogen-bond acceptors (Lipinski definition) is 4. The number of pyridine rings is 1. The smallest absolute Gasteiger partial charge is 0.126 e. The Morgan fingerprint density at radius 3 is 2.39 bits per heavy atom. The molecule has 0 saturated heterocycles. The van der Waals surface area contributed by atoms with Gasteiger partial charge >= 0.3 is 0 Å². The molecule has 1 unspecified atom stereocenters. The molecule has 4 rings (SSSR count). The lowest BCUT2D eigenvalue weighted by Gasteiger charge is -2.29. The predicted molar refractivity (Wildman–Crippen MR) is 177 cm³/mol. The number of rotatable bonds is 15. The molecule has 0 aliphatic rings. The van der Waals surface area contributed by atoms with Gasteiger partial charge in [0.25, 0.3) is 0 Å². The topological polar surface area (TPSA) is 40.2 Å². The third-order valence-corrected chi connectivity index (χ3v) is 7.76. The molecule has 3 aromatic carbocycles. The van der Waals surface area contributed by atoms with E-state index in [2.05, 4.69) is 128 Å². The first-order valence-electron chi connectivity index (χ1n) is 14.8. The molecule has 0 saturated carbocycles. The van der Waals surface area contributed by atoms with Crippen LogP contribution < -0.4 is 10.6 Å². The molecule has 0 bridgehead atoms. The first kappa shape index (κ1) is 30.1. The number of hydrogen-bond donors (Lipinski definition) is 2. The maximum atomic E-state index is 4.36. The summed E-state index contributed by atoms with van der Waals surface area (Å²) < 4.78 is 0. The Hall–Kier alpha value is -3.89. The molecule has 1 atom stereocenters. The minimum absolute atomic E-state index is 0.306. The summed E-state index contributed by atoms with van der Waals surface area (Å²) in [6.07, 6.45) is 5.83. The highest BCUT2D eigenvalue weighted by Gasteiger charge is 2.17. The highest BCUT2D eigenvalue weighted by Crippen LogP contribution is 2.33. The fraction of sp³-hybridized carbons (Fsp3) is 0.324. The van der Waals surface area contributed by atoms with Gasteiger partial charge < -0.3 is 10.6 Å². The third-order valence-electron chi connectivity index (χ3n) is 7.76. The van der Waals surface area contributed by atoms with Gasteiger partial charge in [0.15, 0.2) is 0 Å². The SMILES string of the molecule is C=C(C)CC(c1ccc(-c2ccc(C)c3ccccc23)cc1)N(C)CCCNC(=C)CCCNc1cc(C)ccn1. The van der Waals surface area contributed by atoms with E-state index in [0.717, 1.165) is 56.8 Å². The molecule has 4 nitrogen and oxygen atoms in total. The van der Waals surface area contributed by atoms with Gasteiger partial charge in [-0.1, -0.05) is 72.8 Å². The molecule has 0 aliphatic heterocycles. The quantitative estimate of drug-likeness (QED) is 0.115. The van der Waals surface area contributed by atoms with Crippen molar-refractivity contribution in [1.82, 2.24) is 15.2 Å². The molecule has 0 spiro atoms. The zero-order chi connectivity index (χ0) is 29.2. The molecular formula is C37H46N4. The Labute approximate surface area is 247 Å². The first-order chi connectivity index (χ1) is 19.8. The van der Waals surface area contributed by atoms with Crippen LogP contribution in [0.2, 0.25) is 0 Å². The minimum atomic E-state index is 0.306. The lowest BCUT2D eigenvalue weighted by Crippen LogP contribution is -2.28. The van der Waals surface area contributed by atoms with E-state index < -0.39 is 0 Å². The van der Waals surface area contributed by atoms with Crippen LogP contribution in [0.5, 0.6) is 0 Å². The number of fused-ring (bicyclic) bond motifs is 1. The number of aromatic nitrogens is 1. The number of allylic oxidation sites excluding steroid dienone is 1. The van der Waals surface area contributed by atoms with E-state index in [9.17, 15) is 0 Å². The monoisotopic (exact) mass is 546 g/mol. The van der Waals surface area contributed by atoms with Gasteiger partial charge in [-0.05, 0) is 104 Å². The second kappa shape index (κ2) is 14.7. The molecule has 214 valence electrons. The fourth-order valence-electron chi connectivity index (χ4n) is 5.43. The Balaban J connectivity index is 1.27. The average Bonchev–Trinajstić information content (AvgIpc) is 2.97. The largest absolute Gasteiger partial charge is 0.389 e. The van der Waals surface area contributed by atoms with Gasteiger partial charge in [0, 0.05) is 37.6 Å². The van der Waals surface area contributed by atoms with Gasteiger partial charge in [-0.15, -0.1) is 6.58 Å². The molecule has 0 fully saturated rings. The van der Waals surface area contributed by atoms with Crippen LogP contribution in [-0.2, 0) is 0 Å². The van der Waals surface area contributed by atoms with Crippen molar-refractivity contribution in [1.29, 1.82) is 0 Å². The van der Waals surface area contributed by atoms with Crippen LogP contribution in [0.1, 0.15) is 55.3 Å². The van der Waals surface area contributed by atoms with Gasteiger partial charge in [0.2, 0.25) is 0 Å². The highest BCUT2D eigenvalue weighted by molar-refractivity contribution is 5.98. The van der Waals surface area contributed by atoms with Crippen LogP contribution in [0, 0.1) is 13.8 Å². The number of aryl methyl sites for hydroxylation is 2. The Bertz CT molecular complexity index is 1450. The fourth-order valence-corrected chi connectivity index (χ4v) is 5.43. The predicted octanol–water partition coefficient (Wildman–Crippen LogP) is 8.84. The Kier molecular flexibility index (Phi) is 10.8. The van der Waals surface area contributed by atoms with E-state index in [4.69, 9.17) is 0 Å². The van der Waals surface area contributed by atoms with Gasteiger partial charge in [0.1, 0.15) is 5.82 Å². The minimum Gasteiger partial charge on any atom is -0.389 e. The molecule has 41 heavy (non-hydrogen) atoms. The second-order valence-electron chi connectivity index (χ2n) is 11.4. The summed E-state index contributed by atoms with van der Waals surface area (Å²) in [6.45, 7) is 17.7. The van der Waals surface area contributed by atoms with Gasteiger partial charge in [0.05, 0.1) is 0 Å². The van der Waals surface area contributed by atoms with Crippen LogP contribution in [0.3, 0.4) is 0 Å². The molecular weight excluding hydrogens is 500 g/mol. The van der Waals surface area contributed by atoms with E-state index in [1.54, 1.807) is 0 Å². The van der Waals surface area contributed by atoms with E-state index in [1.807, 2.05) is 12.3 Å². The summed E-state index contributed by atoms with van der Waals surface area (Å²) in [5, 5.41) is 9.55. The zero-order valence-electron chi connectivity index (χ0n) is 25.3. The van der Waals surface area contributed by atoms with Gasteiger partial charge in [-0.3, -0.25) is 4.90 Å². The molecule has 4 aromatic rings. The van der Waals surface area contributed by atoms with Crippen molar-refractivity contribution in [3.63, 3.8) is 0 Å². The van der Waals surface area contributed by atoms with Crippen molar-refractivity contribution in [3.8, 4) is 11.1 Å². The van der Waals surface area contributed by atoms with Crippen LogP contribution >= 0.6 is 0 Å². The molecule has 0 radical (unpaired) electrons. The van der Waals surface area contributed by atoms with Gasteiger partial charge in [-0.2, -0.15) is 0 Å². The summed E-state index contributed by atoms with van der Waals surface area (Å²) in [6, 6.07) is 26.7. The van der Waals surface area contributed by atoms with Crippen LogP contribution in [0.4, 0.5) is 5.82 Å². The van der Waals surface area contributed by atoms with Crippen molar-refractivity contribution in [2.45, 2.75) is 52.5 Å². The van der Waals surface area contributed by atoms with E-state index in [-0.39, 0.29) is 0 Å². The number of benzene rings is 3. The Morgan fingerprint density at radius 1 is 0.902 bits per heavy atom. The molecule has 0 aliphatic carbocycles. The number of nitrogens with zero attached hydrogens (tertiary/aromatic N) is 2. The summed E-state index contributed by atoms with van der Waals surface area (Å²) in [7, 11) is 2.23. The normalized spacial score (nSPS) is 11.9. The lowest BCUT2D eigenvalue weighted by molar-refractivity contribution is 0.240. The maximum absolute atomic E-state index is 4.36. The van der Waals surface area contributed by atoms with Crippen molar-refractivity contribution in [2.75, 3.05) is 32.0 Å². The molecule has 4 heteroatoms. The maximum Gasteiger partial charge on any atom is 0.126 e. The molecule has 1 heterocycles. The standard InChI is InChI=1S/C37H46N4/c1-27(2)25-36(32-17-15-31(16-18-32)34-19-14-29(4)33-12-7-8-13-35(33)34)41(6)24-10-22-38-30(5)11-9-21-39-37-26-28(3)20-23-40-37/h7-8,12-20,23,26,36,38H,1,5,9-11,21-22,24-25H2,2-4,6H3,(H,39,40). The van der Waals surface area contributed by atoms with Crippen molar-refractivity contribution in [3.05, 3.63) is 120 Å². The van der Waals surface area contributed by atoms with Crippen LogP contribution in [0.15, 0.2) is 103 Å².